The second-order valence-corrected chi connectivity index (χ2v) is 6.61. The van der Waals surface area contributed by atoms with Gasteiger partial charge in [-0.05, 0) is 36.4 Å². The van der Waals surface area contributed by atoms with Gasteiger partial charge in [0, 0.05) is 11.3 Å². The van der Waals surface area contributed by atoms with Gasteiger partial charge in [0.1, 0.15) is 5.75 Å². The number of thioether (sulfide) groups is 1. The minimum atomic E-state index is 0.0818. The van der Waals surface area contributed by atoms with E-state index >= 15 is 0 Å². The van der Waals surface area contributed by atoms with Crippen molar-refractivity contribution >= 4 is 11.8 Å². The fourth-order valence-corrected chi connectivity index (χ4v) is 3.27. The zero-order valence-electron chi connectivity index (χ0n) is 13.9. The number of rotatable bonds is 8. The molecule has 2 N–H and O–H groups in total. The zero-order valence-corrected chi connectivity index (χ0v) is 14.7. The summed E-state index contributed by atoms with van der Waals surface area (Å²) < 4.78 is 5.25. The predicted molar refractivity (Wildman–Crippen MR) is 98.3 cm³/mol. The van der Waals surface area contributed by atoms with Crippen LogP contribution in [0.3, 0.4) is 0 Å². The summed E-state index contributed by atoms with van der Waals surface area (Å²) in [6.07, 6.45) is 2.03. The third-order valence-corrected chi connectivity index (χ3v) is 5.21. The Bertz CT molecular complexity index is 570. The number of aliphatic hydroxyl groups is 1. The maximum atomic E-state index is 9.54. The normalized spacial score (nSPS) is 15.0. The number of ether oxygens (including phenoxy) is 1. The summed E-state index contributed by atoms with van der Waals surface area (Å²) in [5.41, 5.74) is 2.39. The van der Waals surface area contributed by atoms with Gasteiger partial charge in [0.15, 0.2) is 0 Å². The molecule has 0 aromatic heterocycles. The first-order valence-corrected chi connectivity index (χ1v) is 9.07. The molecule has 3 nitrogen and oxygen atoms in total. The smallest absolute Gasteiger partial charge is 0.118 e. The van der Waals surface area contributed by atoms with Crippen molar-refractivity contribution in [3.05, 3.63) is 65.7 Å². The molecule has 3 atom stereocenters. The molecule has 0 aliphatic rings. The molecule has 0 aliphatic carbocycles. The molecule has 0 radical (unpaired) electrons. The quantitative estimate of drug-likeness (QED) is 0.777. The highest BCUT2D eigenvalue weighted by Crippen LogP contribution is 2.26. The fraction of sp³-hybridized carbons (Fsp3) is 0.368. The SMILES string of the molecule is COc1ccc(C(NC(C)C(CO)SC)c2ccccc2)cc1. The zero-order chi connectivity index (χ0) is 16.7. The molecule has 0 bridgehead atoms. The van der Waals surface area contributed by atoms with Crippen molar-refractivity contribution in [1.29, 1.82) is 0 Å². The van der Waals surface area contributed by atoms with Crippen molar-refractivity contribution in [3.63, 3.8) is 0 Å². The average molecular weight is 331 g/mol. The Hall–Kier alpha value is -1.49. The third-order valence-electron chi connectivity index (χ3n) is 4.05. The summed E-state index contributed by atoms with van der Waals surface area (Å²) >= 11 is 1.68. The van der Waals surface area contributed by atoms with E-state index in [-0.39, 0.29) is 23.9 Å². The molecule has 0 spiro atoms. The van der Waals surface area contributed by atoms with E-state index in [2.05, 4.69) is 48.6 Å². The highest BCUT2D eigenvalue weighted by atomic mass is 32.2. The molecule has 23 heavy (non-hydrogen) atoms. The Morgan fingerprint density at radius 3 is 2.17 bits per heavy atom. The minimum Gasteiger partial charge on any atom is -0.497 e. The van der Waals surface area contributed by atoms with Crippen LogP contribution < -0.4 is 10.1 Å². The standard InChI is InChI=1S/C19H25NO2S/c1-14(18(13-21)23-3)20-19(15-7-5-4-6-8-15)16-9-11-17(22-2)12-10-16/h4-12,14,18-21H,13H2,1-3H3. The summed E-state index contributed by atoms with van der Waals surface area (Å²) in [6.45, 7) is 2.29. The van der Waals surface area contributed by atoms with Crippen LogP contribution in [0.2, 0.25) is 0 Å². The van der Waals surface area contributed by atoms with E-state index in [4.69, 9.17) is 4.74 Å². The summed E-state index contributed by atoms with van der Waals surface area (Å²) in [6, 6.07) is 18.8. The number of benzene rings is 2. The van der Waals surface area contributed by atoms with Gasteiger partial charge in [-0.1, -0.05) is 42.5 Å². The molecule has 2 rings (SSSR count). The predicted octanol–water partition coefficient (Wildman–Crippen LogP) is 3.49. The van der Waals surface area contributed by atoms with E-state index < -0.39 is 0 Å². The fourth-order valence-electron chi connectivity index (χ4n) is 2.63. The highest BCUT2D eigenvalue weighted by Gasteiger charge is 2.21. The Balaban J connectivity index is 2.28. The van der Waals surface area contributed by atoms with Crippen LogP contribution >= 0.6 is 11.8 Å². The summed E-state index contributed by atoms with van der Waals surface area (Å²) in [5.74, 6) is 0.853. The van der Waals surface area contributed by atoms with Gasteiger partial charge in [0.25, 0.3) is 0 Å². The lowest BCUT2D eigenvalue weighted by Gasteiger charge is -2.28. The first-order chi connectivity index (χ1) is 11.2. The van der Waals surface area contributed by atoms with Gasteiger partial charge in [0.05, 0.1) is 19.8 Å². The molecule has 0 amide bonds. The van der Waals surface area contributed by atoms with Gasteiger partial charge < -0.3 is 15.2 Å². The van der Waals surface area contributed by atoms with E-state index in [1.165, 1.54) is 11.1 Å². The van der Waals surface area contributed by atoms with Crippen molar-refractivity contribution in [3.8, 4) is 5.75 Å². The van der Waals surface area contributed by atoms with Crippen LogP contribution in [0, 0.1) is 0 Å². The Kier molecular flexibility index (Phi) is 6.96. The van der Waals surface area contributed by atoms with E-state index in [0.717, 1.165) is 5.75 Å². The van der Waals surface area contributed by atoms with E-state index in [1.54, 1.807) is 18.9 Å². The molecule has 2 aromatic carbocycles. The van der Waals surface area contributed by atoms with Gasteiger partial charge >= 0.3 is 0 Å². The first kappa shape index (κ1) is 17.9. The molecule has 4 heteroatoms. The molecule has 0 fully saturated rings. The molecular formula is C19H25NO2S. The van der Waals surface area contributed by atoms with Crippen molar-refractivity contribution < 1.29 is 9.84 Å². The lowest BCUT2D eigenvalue weighted by atomic mass is 9.97. The van der Waals surface area contributed by atoms with Gasteiger partial charge in [-0.2, -0.15) is 11.8 Å². The Morgan fingerprint density at radius 1 is 1.04 bits per heavy atom. The van der Waals surface area contributed by atoms with Crippen molar-refractivity contribution in [2.24, 2.45) is 0 Å². The van der Waals surface area contributed by atoms with E-state index in [9.17, 15) is 5.11 Å². The molecular weight excluding hydrogens is 306 g/mol. The topological polar surface area (TPSA) is 41.5 Å². The molecule has 0 aliphatic heterocycles. The van der Waals surface area contributed by atoms with Crippen LogP contribution in [0.1, 0.15) is 24.1 Å². The van der Waals surface area contributed by atoms with Gasteiger partial charge in [-0.15, -0.1) is 0 Å². The van der Waals surface area contributed by atoms with Crippen LogP contribution in [-0.2, 0) is 0 Å². The number of methoxy groups -OCH3 is 1. The average Bonchev–Trinajstić information content (AvgIpc) is 2.61. The first-order valence-electron chi connectivity index (χ1n) is 7.78. The molecule has 0 heterocycles. The second-order valence-electron chi connectivity index (χ2n) is 5.53. The number of hydrogen-bond acceptors (Lipinski definition) is 4. The van der Waals surface area contributed by atoms with E-state index in [0.29, 0.717) is 0 Å². The van der Waals surface area contributed by atoms with Crippen LogP contribution in [0.25, 0.3) is 0 Å². The van der Waals surface area contributed by atoms with Crippen LogP contribution in [-0.4, -0.2) is 36.4 Å². The van der Waals surface area contributed by atoms with Crippen LogP contribution in [0.4, 0.5) is 0 Å². The minimum absolute atomic E-state index is 0.0818. The number of hydrogen-bond donors (Lipinski definition) is 2. The van der Waals surface area contributed by atoms with Gasteiger partial charge in [0.2, 0.25) is 0 Å². The molecule has 2 aromatic rings. The highest BCUT2D eigenvalue weighted by molar-refractivity contribution is 7.99. The summed E-state index contributed by atoms with van der Waals surface area (Å²) in [5, 5.41) is 13.4. The Labute approximate surface area is 143 Å². The van der Waals surface area contributed by atoms with Crippen molar-refractivity contribution in [2.45, 2.75) is 24.3 Å². The second kappa shape index (κ2) is 8.96. The molecule has 124 valence electrons. The maximum Gasteiger partial charge on any atom is 0.118 e. The summed E-state index contributed by atoms with van der Waals surface area (Å²) in [4.78, 5) is 0. The third kappa shape index (κ3) is 4.74. The largest absolute Gasteiger partial charge is 0.497 e. The Morgan fingerprint density at radius 2 is 1.65 bits per heavy atom. The monoisotopic (exact) mass is 331 g/mol. The number of aliphatic hydroxyl groups excluding tert-OH is 1. The van der Waals surface area contributed by atoms with Crippen LogP contribution in [0.5, 0.6) is 5.75 Å². The lowest BCUT2D eigenvalue weighted by molar-refractivity contribution is 0.273. The molecule has 0 saturated heterocycles. The van der Waals surface area contributed by atoms with Crippen molar-refractivity contribution in [2.75, 3.05) is 20.0 Å². The van der Waals surface area contributed by atoms with Gasteiger partial charge in [-0.25, -0.2) is 0 Å². The van der Waals surface area contributed by atoms with Gasteiger partial charge in [-0.3, -0.25) is 0 Å². The maximum absolute atomic E-state index is 9.54. The number of nitrogens with one attached hydrogen (secondary N) is 1. The molecule has 0 saturated carbocycles. The van der Waals surface area contributed by atoms with Crippen molar-refractivity contribution in [1.82, 2.24) is 5.32 Å². The lowest BCUT2D eigenvalue weighted by Crippen LogP contribution is -2.40. The van der Waals surface area contributed by atoms with Crippen LogP contribution in [0.15, 0.2) is 54.6 Å². The molecule has 3 unspecified atom stereocenters. The van der Waals surface area contributed by atoms with E-state index in [1.807, 2.05) is 24.5 Å². The summed E-state index contributed by atoms with van der Waals surface area (Å²) in [7, 11) is 1.67.